The number of hydrogen-bond donors (Lipinski definition) is 1. The number of cyclic esters (lactones) is 1. The number of hydrogen-bond acceptors (Lipinski definition) is 3. The zero-order valence-corrected chi connectivity index (χ0v) is 5.55. The highest BCUT2D eigenvalue weighted by Gasteiger charge is 2.38. The molecule has 0 aromatic heterocycles. The van der Waals surface area contributed by atoms with Gasteiger partial charge in [0.05, 0.1) is 0 Å². The molecule has 0 amide bonds. The maximum absolute atomic E-state index is 10.5. The van der Waals surface area contributed by atoms with Gasteiger partial charge in [-0.2, -0.15) is 0 Å². The summed E-state index contributed by atoms with van der Waals surface area (Å²) in [4.78, 5) is 10.5. The van der Waals surface area contributed by atoms with Crippen LogP contribution >= 0.6 is 0 Å². The van der Waals surface area contributed by atoms with E-state index in [4.69, 9.17) is 9.84 Å². The Balaban J connectivity index is 2.65. The van der Waals surface area contributed by atoms with Crippen LogP contribution in [0.5, 0.6) is 0 Å². The Morgan fingerprint density at radius 2 is 2.33 bits per heavy atom. The molecule has 0 radical (unpaired) electrons. The van der Waals surface area contributed by atoms with Crippen LogP contribution in [0.2, 0.25) is 0 Å². The van der Waals surface area contributed by atoms with Crippen LogP contribution in [0, 0.1) is 0 Å². The van der Waals surface area contributed by atoms with Gasteiger partial charge in [0, 0.05) is 6.42 Å². The molecule has 0 spiro atoms. The minimum atomic E-state index is -0.903. The Bertz CT molecular complexity index is 139. The van der Waals surface area contributed by atoms with E-state index in [2.05, 4.69) is 0 Å². The molecule has 3 nitrogen and oxygen atoms in total. The predicted molar refractivity (Wildman–Crippen MR) is 30.8 cm³/mol. The van der Waals surface area contributed by atoms with Gasteiger partial charge in [0.25, 0.3) is 0 Å². The van der Waals surface area contributed by atoms with Crippen LogP contribution in [0.1, 0.15) is 20.3 Å². The fraction of sp³-hybridized carbons (Fsp3) is 0.833. The van der Waals surface area contributed by atoms with Crippen molar-refractivity contribution in [3.05, 3.63) is 0 Å². The Kier molecular flexibility index (Phi) is 1.24. The van der Waals surface area contributed by atoms with Crippen LogP contribution in [-0.2, 0) is 9.53 Å². The van der Waals surface area contributed by atoms with Gasteiger partial charge in [-0.25, -0.2) is 4.79 Å². The quantitative estimate of drug-likeness (QED) is 0.472. The third-order valence-electron chi connectivity index (χ3n) is 1.33. The number of carbonyl (C=O) groups is 1. The van der Waals surface area contributed by atoms with E-state index in [1.54, 1.807) is 13.8 Å². The standard InChI is InChI=1S/C6H10O3/c1-6(2)3-4(7)5(8)9-6/h4,7H,3H2,1-2H3. The summed E-state index contributed by atoms with van der Waals surface area (Å²) in [6, 6.07) is 0. The first-order valence-electron chi connectivity index (χ1n) is 2.92. The average Bonchev–Trinajstić information content (AvgIpc) is 1.79. The maximum atomic E-state index is 10.5. The van der Waals surface area contributed by atoms with E-state index in [0.717, 1.165) is 0 Å². The second kappa shape index (κ2) is 1.70. The van der Waals surface area contributed by atoms with Crippen molar-refractivity contribution >= 4 is 5.97 Å². The van der Waals surface area contributed by atoms with E-state index in [-0.39, 0.29) is 0 Å². The number of esters is 1. The van der Waals surface area contributed by atoms with Crippen LogP contribution in [0.4, 0.5) is 0 Å². The maximum Gasteiger partial charge on any atom is 0.335 e. The normalized spacial score (nSPS) is 32.3. The number of aliphatic hydroxyl groups is 1. The fourth-order valence-electron chi connectivity index (χ4n) is 0.931. The third kappa shape index (κ3) is 1.21. The van der Waals surface area contributed by atoms with E-state index in [1.807, 2.05) is 0 Å². The van der Waals surface area contributed by atoms with E-state index in [1.165, 1.54) is 0 Å². The smallest absolute Gasteiger partial charge is 0.335 e. The summed E-state index contributed by atoms with van der Waals surface area (Å²) in [5, 5.41) is 8.86. The zero-order valence-electron chi connectivity index (χ0n) is 5.55. The van der Waals surface area contributed by atoms with Gasteiger partial charge in [-0.05, 0) is 13.8 Å². The Morgan fingerprint density at radius 1 is 1.78 bits per heavy atom. The van der Waals surface area contributed by atoms with Crippen molar-refractivity contribution in [2.24, 2.45) is 0 Å². The summed E-state index contributed by atoms with van der Waals surface area (Å²) < 4.78 is 4.77. The molecule has 1 rings (SSSR count). The summed E-state index contributed by atoms with van der Waals surface area (Å²) in [5.41, 5.74) is -0.462. The largest absolute Gasteiger partial charge is 0.458 e. The second-order valence-electron chi connectivity index (χ2n) is 2.90. The topological polar surface area (TPSA) is 46.5 Å². The highest BCUT2D eigenvalue weighted by atomic mass is 16.6. The van der Waals surface area contributed by atoms with Crippen LogP contribution in [0.3, 0.4) is 0 Å². The Hall–Kier alpha value is -0.570. The molecule has 1 heterocycles. The molecular formula is C6H10O3. The molecule has 1 fully saturated rings. The molecule has 1 N–H and O–H groups in total. The van der Waals surface area contributed by atoms with Crippen molar-refractivity contribution in [3.8, 4) is 0 Å². The molecule has 1 unspecified atom stereocenters. The lowest BCUT2D eigenvalue weighted by Crippen LogP contribution is -2.17. The summed E-state index contributed by atoms with van der Waals surface area (Å²) in [7, 11) is 0. The minimum absolute atomic E-state index is 0.409. The lowest BCUT2D eigenvalue weighted by Gasteiger charge is -2.13. The van der Waals surface area contributed by atoms with Crippen molar-refractivity contribution < 1.29 is 14.6 Å². The molecule has 1 aliphatic heterocycles. The van der Waals surface area contributed by atoms with Crippen molar-refractivity contribution in [3.63, 3.8) is 0 Å². The van der Waals surface area contributed by atoms with Crippen molar-refractivity contribution in [2.75, 3.05) is 0 Å². The summed E-state index contributed by atoms with van der Waals surface area (Å²) >= 11 is 0. The number of carbonyl (C=O) groups excluding carboxylic acids is 1. The number of rotatable bonds is 0. The van der Waals surface area contributed by atoms with Crippen LogP contribution in [0.25, 0.3) is 0 Å². The fourth-order valence-corrected chi connectivity index (χ4v) is 0.931. The second-order valence-corrected chi connectivity index (χ2v) is 2.90. The first-order valence-corrected chi connectivity index (χ1v) is 2.92. The number of ether oxygens (including phenoxy) is 1. The van der Waals surface area contributed by atoms with Crippen molar-refractivity contribution in [1.82, 2.24) is 0 Å². The molecule has 0 aromatic carbocycles. The van der Waals surface area contributed by atoms with Gasteiger partial charge in [0.1, 0.15) is 5.60 Å². The number of aliphatic hydroxyl groups excluding tert-OH is 1. The zero-order chi connectivity index (χ0) is 7.07. The average molecular weight is 130 g/mol. The molecule has 0 aliphatic carbocycles. The molecule has 0 bridgehead atoms. The third-order valence-corrected chi connectivity index (χ3v) is 1.33. The Morgan fingerprint density at radius 3 is 2.44 bits per heavy atom. The van der Waals surface area contributed by atoms with E-state index < -0.39 is 17.7 Å². The molecule has 1 aliphatic rings. The van der Waals surface area contributed by atoms with Crippen LogP contribution in [-0.4, -0.2) is 22.8 Å². The molecule has 3 heteroatoms. The lowest BCUT2D eigenvalue weighted by molar-refractivity contribution is -0.151. The Labute approximate surface area is 53.6 Å². The molecule has 9 heavy (non-hydrogen) atoms. The van der Waals surface area contributed by atoms with Crippen molar-refractivity contribution in [1.29, 1.82) is 0 Å². The first-order chi connectivity index (χ1) is 4.01. The van der Waals surface area contributed by atoms with Gasteiger partial charge in [-0.3, -0.25) is 0 Å². The predicted octanol–water partition coefficient (Wildman–Crippen LogP) is 0.0728. The molecular weight excluding hydrogens is 120 g/mol. The van der Waals surface area contributed by atoms with Crippen LogP contribution < -0.4 is 0 Å². The monoisotopic (exact) mass is 130 g/mol. The SMILES string of the molecule is CC1(C)CC(O)C(=O)O1. The van der Waals surface area contributed by atoms with Gasteiger partial charge in [-0.1, -0.05) is 0 Å². The van der Waals surface area contributed by atoms with Gasteiger partial charge in [0.2, 0.25) is 0 Å². The molecule has 0 aromatic rings. The van der Waals surface area contributed by atoms with E-state index in [9.17, 15) is 4.79 Å². The molecule has 1 atom stereocenters. The summed E-state index contributed by atoms with van der Waals surface area (Å²) in [6.45, 7) is 3.56. The van der Waals surface area contributed by atoms with Gasteiger partial charge < -0.3 is 9.84 Å². The molecule has 1 saturated heterocycles. The minimum Gasteiger partial charge on any atom is -0.458 e. The lowest BCUT2D eigenvalue weighted by atomic mass is 10.1. The van der Waals surface area contributed by atoms with E-state index in [0.29, 0.717) is 6.42 Å². The van der Waals surface area contributed by atoms with Gasteiger partial charge in [-0.15, -0.1) is 0 Å². The first kappa shape index (κ1) is 6.55. The summed E-state index contributed by atoms with van der Waals surface area (Å²) in [6.07, 6.45) is -0.494. The van der Waals surface area contributed by atoms with Crippen molar-refractivity contribution in [2.45, 2.75) is 32.0 Å². The van der Waals surface area contributed by atoms with E-state index >= 15 is 0 Å². The van der Waals surface area contributed by atoms with Gasteiger partial charge >= 0.3 is 5.97 Å². The van der Waals surface area contributed by atoms with Gasteiger partial charge in [0.15, 0.2) is 6.10 Å². The highest BCUT2D eigenvalue weighted by molar-refractivity contribution is 5.77. The molecule has 0 saturated carbocycles. The summed E-state index contributed by atoms with van der Waals surface area (Å²) in [5.74, 6) is -0.500. The highest BCUT2D eigenvalue weighted by Crippen LogP contribution is 2.24. The molecule has 52 valence electrons. The van der Waals surface area contributed by atoms with Crippen LogP contribution in [0.15, 0.2) is 0 Å².